The second-order valence-corrected chi connectivity index (χ2v) is 4.62. The molecule has 1 aliphatic heterocycles. The zero-order chi connectivity index (χ0) is 13.8. The molecule has 1 fully saturated rings. The minimum absolute atomic E-state index is 0.0652. The van der Waals surface area contributed by atoms with Crippen molar-refractivity contribution < 1.29 is 19.0 Å². The Kier molecular flexibility index (Phi) is 4.50. The molecule has 1 unspecified atom stereocenters. The van der Waals surface area contributed by atoms with Crippen LogP contribution in [0.3, 0.4) is 0 Å². The standard InChI is InChI=1S/C13H16ClNO4/c1-17-11-6-8(13(16)18-2)5-10(14)12(11)19-9-3-4-15-7-9/h5-6,9,15H,3-4,7H2,1-2H3. The molecule has 1 aromatic rings. The lowest BCUT2D eigenvalue weighted by Crippen LogP contribution is -2.20. The van der Waals surface area contributed by atoms with Crippen molar-refractivity contribution >= 4 is 17.6 Å². The van der Waals surface area contributed by atoms with Crippen molar-refractivity contribution in [3.05, 3.63) is 22.7 Å². The predicted octanol–water partition coefficient (Wildman–Crippen LogP) is 1.88. The van der Waals surface area contributed by atoms with Gasteiger partial charge in [-0.2, -0.15) is 0 Å². The molecule has 0 amide bonds. The van der Waals surface area contributed by atoms with Gasteiger partial charge in [-0.05, 0) is 25.1 Å². The zero-order valence-electron chi connectivity index (χ0n) is 10.9. The lowest BCUT2D eigenvalue weighted by molar-refractivity contribution is 0.0600. The van der Waals surface area contributed by atoms with Crippen LogP contribution in [0.25, 0.3) is 0 Å². The van der Waals surface area contributed by atoms with Gasteiger partial charge < -0.3 is 19.5 Å². The smallest absolute Gasteiger partial charge is 0.338 e. The first kappa shape index (κ1) is 14.0. The first-order valence-corrected chi connectivity index (χ1v) is 6.36. The van der Waals surface area contributed by atoms with Crippen molar-refractivity contribution in [2.45, 2.75) is 12.5 Å². The number of hydrogen-bond donors (Lipinski definition) is 1. The number of carbonyl (C=O) groups excluding carboxylic acids is 1. The van der Waals surface area contributed by atoms with Crippen LogP contribution in [0.2, 0.25) is 5.02 Å². The molecule has 1 aromatic carbocycles. The minimum Gasteiger partial charge on any atom is -0.493 e. The first-order chi connectivity index (χ1) is 9.15. The average Bonchev–Trinajstić information content (AvgIpc) is 2.92. The van der Waals surface area contributed by atoms with Gasteiger partial charge >= 0.3 is 5.97 Å². The molecule has 2 rings (SSSR count). The number of ether oxygens (including phenoxy) is 3. The third-order valence-electron chi connectivity index (χ3n) is 2.95. The third-order valence-corrected chi connectivity index (χ3v) is 3.23. The van der Waals surface area contributed by atoms with Gasteiger partial charge in [-0.15, -0.1) is 0 Å². The fraction of sp³-hybridized carbons (Fsp3) is 0.462. The number of esters is 1. The van der Waals surface area contributed by atoms with E-state index in [1.54, 1.807) is 6.07 Å². The number of rotatable bonds is 4. The Morgan fingerprint density at radius 2 is 2.21 bits per heavy atom. The lowest BCUT2D eigenvalue weighted by atomic mass is 10.2. The highest BCUT2D eigenvalue weighted by atomic mass is 35.5. The largest absolute Gasteiger partial charge is 0.493 e. The fourth-order valence-electron chi connectivity index (χ4n) is 1.97. The first-order valence-electron chi connectivity index (χ1n) is 5.99. The highest BCUT2D eigenvalue weighted by molar-refractivity contribution is 6.32. The van der Waals surface area contributed by atoms with E-state index >= 15 is 0 Å². The van der Waals surface area contributed by atoms with Crippen LogP contribution in [0.15, 0.2) is 12.1 Å². The summed E-state index contributed by atoms with van der Waals surface area (Å²) < 4.78 is 15.7. The predicted molar refractivity (Wildman–Crippen MR) is 71.2 cm³/mol. The lowest BCUT2D eigenvalue weighted by Gasteiger charge is -2.17. The number of hydrogen-bond acceptors (Lipinski definition) is 5. The Morgan fingerprint density at radius 3 is 2.79 bits per heavy atom. The number of benzene rings is 1. The van der Waals surface area contributed by atoms with Crippen LogP contribution in [-0.2, 0) is 4.74 Å². The zero-order valence-corrected chi connectivity index (χ0v) is 11.6. The molecular formula is C13H16ClNO4. The van der Waals surface area contributed by atoms with E-state index in [0.29, 0.717) is 22.1 Å². The van der Waals surface area contributed by atoms with E-state index in [1.165, 1.54) is 20.3 Å². The van der Waals surface area contributed by atoms with Crippen LogP contribution in [0.1, 0.15) is 16.8 Å². The second-order valence-electron chi connectivity index (χ2n) is 4.21. The molecule has 1 saturated heterocycles. The SMILES string of the molecule is COC(=O)c1cc(Cl)c(OC2CCNC2)c(OC)c1. The Labute approximate surface area is 116 Å². The maximum absolute atomic E-state index is 11.5. The van der Waals surface area contributed by atoms with Crippen molar-refractivity contribution in [3.8, 4) is 11.5 Å². The summed E-state index contributed by atoms with van der Waals surface area (Å²) in [6, 6.07) is 3.09. The number of halogens is 1. The van der Waals surface area contributed by atoms with Gasteiger partial charge in [0.05, 0.1) is 24.8 Å². The number of carbonyl (C=O) groups is 1. The maximum atomic E-state index is 11.5. The van der Waals surface area contributed by atoms with Gasteiger partial charge in [0.2, 0.25) is 0 Å². The molecule has 5 nitrogen and oxygen atoms in total. The van der Waals surface area contributed by atoms with E-state index < -0.39 is 5.97 Å². The highest BCUT2D eigenvalue weighted by Crippen LogP contribution is 2.37. The van der Waals surface area contributed by atoms with Crippen molar-refractivity contribution in [3.63, 3.8) is 0 Å². The molecule has 0 spiro atoms. The molecule has 6 heteroatoms. The average molecular weight is 286 g/mol. The van der Waals surface area contributed by atoms with E-state index in [1.807, 2.05) is 0 Å². The Hall–Kier alpha value is -1.46. The third kappa shape index (κ3) is 3.11. The van der Waals surface area contributed by atoms with Gasteiger partial charge in [0.15, 0.2) is 11.5 Å². The molecule has 0 saturated carbocycles. The molecule has 1 atom stereocenters. The highest BCUT2D eigenvalue weighted by Gasteiger charge is 2.21. The molecular weight excluding hydrogens is 270 g/mol. The summed E-state index contributed by atoms with van der Waals surface area (Å²) in [5.41, 5.74) is 0.334. The topological polar surface area (TPSA) is 56.8 Å². The van der Waals surface area contributed by atoms with Gasteiger partial charge in [-0.3, -0.25) is 0 Å². The van der Waals surface area contributed by atoms with Gasteiger partial charge in [-0.25, -0.2) is 4.79 Å². The van der Waals surface area contributed by atoms with Gasteiger partial charge in [0.25, 0.3) is 0 Å². The molecule has 0 aliphatic carbocycles. The molecule has 1 heterocycles. The Bertz CT molecular complexity index is 472. The van der Waals surface area contributed by atoms with Crippen molar-refractivity contribution in [2.75, 3.05) is 27.3 Å². The molecule has 0 radical (unpaired) electrons. The molecule has 104 valence electrons. The monoisotopic (exact) mass is 285 g/mol. The van der Waals surface area contributed by atoms with Crippen molar-refractivity contribution in [1.29, 1.82) is 0 Å². The van der Waals surface area contributed by atoms with Crippen LogP contribution in [0, 0.1) is 0 Å². The summed E-state index contributed by atoms with van der Waals surface area (Å²) in [4.78, 5) is 11.5. The molecule has 19 heavy (non-hydrogen) atoms. The van der Waals surface area contributed by atoms with Gasteiger partial charge in [0, 0.05) is 6.54 Å². The second kappa shape index (κ2) is 6.12. The number of methoxy groups -OCH3 is 2. The van der Waals surface area contributed by atoms with Crippen LogP contribution < -0.4 is 14.8 Å². The number of nitrogens with one attached hydrogen (secondary N) is 1. The maximum Gasteiger partial charge on any atom is 0.338 e. The quantitative estimate of drug-likeness (QED) is 0.856. The van der Waals surface area contributed by atoms with Crippen molar-refractivity contribution in [1.82, 2.24) is 5.32 Å². The molecule has 0 bridgehead atoms. The Balaban J connectivity index is 2.29. The van der Waals surface area contributed by atoms with E-state index in [2.05, 4.69) is 10.1 Å². The van der Waals surface area contributed by atoms with E-state index in [4.69, 9.17) is 21.1 Å². The van der Waals surface area contributed by atoms with Crippen LogP contribution in [0.4, 0.5) is 0 Å². The van der Waals surface area contributed by atoms with Crippen LogP contribution in [0.5, 0.6) is 11.5 Å². The van der Waals surface area contributed by atoms with Gasteiger partial charge in [0.1, 0.15) is 6.10 Å². The molecule has 1 aliphatic rings. The molecule has 0 aromatic heterocycles. The minimum atomic E-state index is -0.464. The van der Waals surface area contributed by atoms with Crippen molar-refractivity contribution in [2.24, 2.45) is 0 Å². The van der Waals surface area contributed by atoms with E-state index in [-0.39, 0.29) is 6.10 Å². The Morgan fingerprint density at radius 1 is 1.42 bits per heavy atom. The fourth-order valence-corrected chi connectivity index (χ4v) is 2.22. The summed E-state index contributed by atoms with van der Waals surface area (Å²) in [6.45, 7) is 1.70. The summed E-state index contributed by atoms with van der Waals surface area (Å²) in [5, 5.41) is 3.54. The van der Waals surface area contributed by atoms with E-state index in [9.17, 15) is 4.79 Å². The summed E-state index contributed by atoms with van der Waals surface area (Å²) in [7, 11) is 2.82. The summed E-state index contributed by atoms with van der Waals surface area (Å²) >= 11 is 6.16. The van der Waals surface area contributed by atoms with Gasteiger partial charge in [-0.1, -0.05) is 11.6 Å². The normalized spacial score (nSPS) is 18.2. The summed E-state index contributed by atoms with van der Waals surface area (Å²) in [6.07, 6.45) is 0.980. The summed E-state index contributed by atoms with van der Waals surface area (Å²) in [5.74, 6) is 0.430. The van der Waals surface area contributed by atoms with Crippen LogP contribution in [-0.4, -0.2) is 39.4 Å². The molecule has 1 N–H and O–H groups in total. The van der Waals surface area contributed by atoms with E-state index in [0.717, 1.165) is 19.5 Å². The van der Waals surface area contributed by atoms with Crippen LogP contribution >= 0.6 is 11.6 Å².